The zero-order chi connectivity index (χ0) is 19.1. The molecule has 0 fully saturated rings. The highest BCUT2D eigenvalue weighted by atomic mass is 127. The van der Waals surface area contributed by atoms with Crippen molar-refractivity contribution < 1.29 is 19.1 Å². The molecule has 0 heterocycles. The first-order valence-electron chi connectivity index (χ1n) is 8.17. The zero-order valence-electron chi connectivity index (χ0n) is 14.7. The van der Waals surface area contributed by atoms with Gasteiger partial charge in [-0.25, -0.2) is 0 Å². The average molecular weight is 465 g/mol. The molecule has 0 aromatic heterocycles. The third-order valence-electron chi connectivity index (χ3n) is 3.90. The second kappa shape index (κ2) is 9.47. The van der Waals surface area contributed by atoms with E-state index in [0.29, 0.717) is 11.3 Å². The summed E-state index contributed by atoms with van der Waals surface area (Å²) in [5.41, 5.74) is 3.39. The number of ether oxygens (including phenoxy) is 1. The van der Waals surface area contributed by atoms with E-state index in [-0.39, 0.29) is 25.2 Å². The van der Waals surface area contributed by atoms with Gasteiger partial charge in [-0.05, 0) is 65.8 Å². The minimum atomic E-state index is -0.569. The molecule has 1 amide bonds. The van der Waals surface area contributed by atoms with Gasteiger partial charge in [0, 0.05) is 15.6 Å². The Morgan fingerprint density at radius 2 is 1.73 bits per heavy atom. The lowest BCUT2D eigenvalue weighted by atomic mass is 10.0. The van der Waals surface area contributed by atoms with Crippen molar-refractivity contribution in [1.82, 2.24) is 0 Å². The zero-order valence-corrected chi connectivity index (χ0v) is 16.8. The molecule has 2 aromatic rings. The number of anilines is 1. The molecule has 0 bridgehead atoms. The third-order valence-corrected chi connectivity index (χ3v) is 4.84. The molecule has 2 aromatic carbocycles. The van der Waals surface area contributed by atoms with Crippen LogP contribution in [0.2, 0.25) is 0 Å². The monoisotopic (exact) mass is 465 g/mol. The number of Topliss-reactive ketones (excluding diaryl/α,β-unsaturated/α-hetero) is 1. The molecule has 1 N–H and O–H groups in total. The quantitative estimate of drug-likeness (QED) is 0.381. The minimum absolute atomic E-state index is 0.0537. The molecule has 0 spiro atoms. The van der Waals surface area contributed by atoms with Gasteiger partial charge in [-0.3, -0.25) is 14.4 Å². The van der Waals surface area contributed by atoms with Crippen molar-refractivity contribution >= 4 is 45.9 Å². The van der Waals surface area contributed by atoms with Crippen molar-refractivity contribution in [3.05, 3.63) is 62.7 Å². The Labute approximate surface area is 166 Å². The maximum atomic E-state index is 12.1. The van der Waals surface area contributed by atoms with Gasteiger partial charge in [0.25, 0.3) is 5.91 Å². The Balaban J connectivity index is 1.76. The number of hydrogen-bond acceptors (Lipinski definition) is 4. The molecular weight excluding hydrogens is 445 g/mol. The number of rotatable bonds is 7. The first-order chi connectivity index (χ1) is 12.4. The van der Waals surface area contributed by atoms with Crippen molar-refractivity contribution in [3.8, 4) is 0 Å². The summed E-state index contributed by atoms with van der Waals surface area (Å²) in [7, 11) is 0. The molecule has 0 unspecified atom stereocenters. The lowest BCUT2D eigenvalue weighted by Crippen LogP contribution is -2.21. The summed E-state index contributed by atoms with van der Waals surface area (Å²) in [4.78, 5) is 35.7. The van der Waals surface area contributed by atoms with E-state index >= 15 is 0 Å². The number of benzene rings is 2. The fourth-order valence-electron chi connectivity index (χ4n) is 2.24. The van der Waals surface area contributed by atoms with Gasteiger partial charge < -0.3 is 10.1 Å². The van der Waals surface area contributed by atoms with Gasteiger partial charge in [0.1, 0.15) is 0 Å². The van der Waals surface area contributed by atoms with E-state index < -0.39 is 11.9 Å². The Hall–Kier alpha value is -2.22. The van der Waals surface area contributed by atoms with Gasteiger partial charge in [-0.1, -0.05) is 24.3 Å². The van der Waals surface area contributed by atoms with E-state index in [4.69, 9.17) is 4.74 Å². The van der Waals surface area contributed by atoms with E-state index in [1.54, 1.807) is 12.1 Å². The molecule has 0 atom stereocenters. The highest BCUT2D eigenvalue weighted by molar-refractivity contribution is 14.1. The molecule has 0 radical (unpaired) electrons. The van der Waals surface area contributed by atoms with Gasteiger partial charge in [-0.15, -0.1) is 0 Å². The van der Waals surface area contributed by atoms with Crippen molar-refractivity contribution in [2.24, 2.45) is 0 Å². The average Bonchev–Trinajstić information content (AvgIpc) is 2.62. The van der Waals surface area contributed by atoms with Crippen molar-refractivity contribution in [1.29, 1.82) is 0 Å². The number of ketones is 1. The molecule has 0 saturated heterocycles. The fourth-order valence-corrected chi connectivity index (χ4v) is 2.76. The topological polar surface area (TPSA) is 72.5 Å². The molecule has 0 aliphatic heterocycles. The van der Waals surface area contributed by atoms with Crippen LogP contribution in [0.3, 0.4) is 0 Å². The molecule has 0 aliphatic rings. The molecule has 26 heavy (non-hydrogen) atoms. The van der Waals surface area contributed by atoms with Crippen molar-refractivity contribution in [2.45, 2.75) is 26.7 Å². The highest BCUT2D eigenvalue weighted by Crippen LogP contribution is 2.16. The number of amides is 1. The highest BCUT2D eigenvalue weighted by Gasteiger charge is 2.13. The molecule has 2 rings (SSSR count). The van der Waals surface area contributed by atoms with Crippen molar-refractivity contribution in [3.63, 3.8) is 0 Å². The second-order valence-electron chi connectivity index (χ2n) is 5.91. The van der Waals surface area contributed by atoms with Crippen LogP contribution in [0.5, 0.6) is 0 Å². The van der Waals surface area contributed by atoms with E-state index in [1.807, 2.05) is 44.2 Å². The van der Waals surface area contributed by atoms with Gasteiger partial charge in [0.2, 0.25) is 0 Å². The predicted molar refractivity (Wildman–Crippen MR) is 108 cm³/mol. The number of esters is 1. The van der Waals surface area contributed by atoms with Gasteiger partial charge in [0.15, 0.2) is 12.4 Å². The number of carbonyl (C=O) groups is 3. The smallest absolute Gasteiger partial charge is 0.306 e. The van der Waals surface area contributed by atoms with Gasteiger partial charge in [0.05, 0.1) is 12.1 Å². The first-order valence-corrected chi connectivity index (χ1v) is 9.25. The van der Waals surface area contributed by atoms with Crippen LogP contribution in [-0.4, -0.2) is 24.3 Å². The third kappa shape index (κ3) is 5.94. The van der Waals surface area contributed by atoms with Crippen LogP contribution in [0.1, 0.15) is 34.3 Å². The lowest BCUT2D eigenvalue weighted by Gasteiger charge is -2.08. The Morgan fingerprint density at radius 3 is 2.42 bits per heavy atom. The molecule has 0 saturated carbocycles. The number of carbonyl (C=O) groups excluding carboxylic acids is 3. The summed E-state index contributed by atoms with van der Waals surface area (Å²) in [6.07, 6.45) is 0.00143. The van der Waals surface area contributed by atoms with Crippen LogP contribution in [0.4, 0.5) is 5.69 Å². The van der Waals surface area contributed by atoms with Crippen LogP contribution < -0.4 is 5.32 Å². The minimum Gasteiger partial charge on any atom is -0.456 e. The normalized spacial score (nSPS) is 10.3. The first kappa shape index (κ1) is 20.1. The van der Waals surface area contributed by atoms with Crippen LogP contribution in [0, 0.1) is 17.4 Å². The number of halogens is 1. The summed E-state index contributed by atoms with van der Waals surface area (Å²) in [6.45, 7) is 3.54. The van der Waals surface area contributed by atoms with Gasteiger partial charge in [-0.2, -0.15) is 0 Å². The molecule has 136 valence electrons. The standard InChI is InChI=1S/C20H20INO4/c1-13-7-8-15(11-14(13)2)18(23)9-10-20(25)26-12-19(24)22-17-6-4-3-5-16(17)21/h3-8,11H,9-10,12H2,1-2H3,(H,22,24). The summed E-state index contributed by atoms with van der Waals surface area (Å²) in [6, 6.07) is 12.8. The molecular formula is C20H20INO4. The number of nitrogens with one attached hydrogen (secondary N) is 1. The second-order valence-corrected chi connectivity index (χ2v) is 7.07. The van der Waals surface area contributed by atoms with E-state index in [1.165, 1.54) is 0 Å². The molecule has 0 aliphatic carbocycles. The van der Waals surface area contributed by atoms with E-state index in [9.17, 15) is 14.4 Å². The van der Waals surface area contributed by atoms with Crippen LogP contribution in [0.15, 0.2) is 42.5 Å². The SMILES string of the molecule is Cc1ccc(C(=O)CCC(=O)OCC(=O)Nc2ccccc2I)cc1C. The van der Waals surface area contributed by atoms with Crippen molar-refractivity contribution in [2.75, 3.05) is 11.9 Å². The number of para-hydroxylation sites is 1. The maximum Gasteiger partial charge on any atom is 0.306 e. The summed E-state index contributed by atoms with van der Waals surface area (Å²) in [5, 5.41) is 2.68. The summed E-state index contributed by atoms with van der Waals surface area (Å²) < 4.78 is 5.83. The number of hydrogen-bond donors (Lipinski definition) is 1. The Morgan fingerprint density at radius 1 is 1.00 bits per heavy atom. The number of aryl methyl sites for hydroxylation is 2. The van der Waals surface area contributed by atoms with Gasteiger partial charge >= 0.3 is 5.97 Å². The fraction of sp³-hybridized carbons (Fsp3) is 0.250. The van der Waals surface area contributed by atoms with E-state index in [2.05, 4.69) is 27.9 Å². The van der Waals surface area contributed by atoms with Crippen LogP contribution in [0.25, 0.3) is 0 Å². The Bertz CT molecular complexity index is 832. The van der Waals surface area contributed by atoms with Crippen LogP contribution >= 0.6 is 22.6 Å². The summed E-state index contributed by atoms with van der Waals surface area (Å²) in [5.74, 6) is -1.10. The lowest BCUT2D eigenvalue weighted by molar-refractivity contribution is -0.147. The molecule has 5 nitrogen and oxygen atoms in total. The maximum absolute atomic E-state index is 12.1. The Kier molecular flexibility index (Phi) is 7.32. The summed E-state index contributed by atoms with van der Waals surface area (Å²) >= 11 is 2.11. The molecule has 6 heteroatoms. The van der Waals surface area contributed by atoms with Crippen LogP contribution in [-0.2, 0) is 14.3 Å². The largest absolute Gasteiger partial charge is 0.456 e. The predicted octanol–water partition coefficient (Wildman–Crippen LogP) is 4.05. The van der Waals surface area contributed by atoms with E-state index in [0.717, 1.165) is 14.7 Å².